The van der Waals surface area contributed by atoms with Gasteiger partial charge in [-0.15, -0.1) is 0 Å². The Hall–Kier alpha value is -2.20. The van der Waals surface area contributed by atoms with Gasteiger partial charge in [0.15, 0.2) is 0 Å². The van der Waals surface area contributed by atoms with Crippen LogP contribution < -0.4 is 5.73 Å². The Bertz CT molecular complexity index is 597. The monoisotopic (exact) mass is 224 g/mol. The molecule has 0 saturated heterocycles. The summed E-state index contributed by atoms with van der Waals surface area (Å²) in [5.74, 6) is 0.763. The first-order valence-corrected chi connectivity index (χ1v) is 5.45. The van der Waals surface area contributed by atoms with Crippen LogP contribution in [0.15, 0.2) is 48.8 Å². The number of aromatic amines is 1. The topological polar surface area (TPSA) is 67.6 Å². The van der Waals surface area contributed by atoms with Crippen LogP contribution in [0, 0.1) is 0 Å². The molecule has 1 unspecified atom stereocenters. The SMILES string of the molecule is NC(c1ccccc1)c1nc2ccncc2[nH]1. The molecule has 3 N–H and O–H groups in total. The van der Waals surface area contributed by atoms with Crippen LogP contribution in [0.2, 0.25) is 0 Å². The van der Waals surface area contributed by atoms with Crippen molar-refractivity contribution < 1.29 is 0 Å². The van der Waals surface area contributed by atoms with Crippen molar-refractivity contribution in [1.29, 1.82) is 0 Å². The Balaban J connectivity index is 2.04. The molecule has 0 aliphatic rings. The van der Waals surface area contributed by atoms with E-state index >= 15 is 0 Å². The molecule has 17 heavy (non-hydrogen) atoms. The standard InChI is InChI=1S/C13H12N4/c14-12(9-4-2-1-3-5-9)13-16-10-6-7-15-8-11(10)17-13/h1-8,12H,14H2,(H,16,17). The summed E-state index contributed by atoms with van der Waals surface area (Å²) >= 11 is 0. The number of hydrogen-bond donors (Lipinski definition) is 2. The largest absolute Gasteiger partial charge is 0.339 e. The van der Waals surface area contributed by atoms with Gasteiger partial charge >= 0.3 is 0 Å². The van der Waals surface area contributed by atoms with Crippen LogP contribution in [-0.2, 0) is 0 Å². The first-order valence-electron chi connectivity index (χ1n) is 5.45. The first-order chi connectivity index (χ1) is 8.34. The number of pyridine rings is 1. The summed E-state index contributed by atoms with van der Waals surface area (Å²) < 4.78 is 0. The maximum Gasteiger partial charge on any atom is 0.128 e. The number of benzene rings is 1. The van der Waals surface area contributed by atoms with E-state index in [1.54, 1.807) is 12.4 Å². The van der Waals surface area contributed by atoms with Gasteiger partial charge in [-0.25, -0.2) is 4.98 Å². The van der Waals surface area contributed by atoms with Gasteiger partial charge in [-0.1, -0.05) is 30.3 Å². The molecule has 4 heteroatoms. The van der Waals surface area contributed by atoms with Gasteiger partial charge in [0.1, 0.15) is 5.82 Å². The highest BCUT2D eigenvalue weighted by molar-refractivity contribution is 5.73. The van der Waals surface area contributed by atoms with E-state index in [4.69, 9.17) is 5.73 Å². The molecule has 2 heterocycles. The van der Waals surface area contributed by atoms with E-state index in [9.17, 15) is 0 Å². The van der Waals surface area contributed by atoms with Gasteiger partial charge in [0.2, 0.25) is 0 Å². The summed E-state index contributed by atoms with van der Waals surface area (Å²) in [6, 6.07) is 11.5. The second-order valence-electron chi connectivity index (χ2n) is 3.90. The number of hydrogen-bond acceptors (Lipinski definition) is 3. The lowest BCUT2D eigenvalue weighted by molar-refractivity contribution is 0.806. The fourth-order valence-corrected chi connectivity index (χ4v) is 1.84. The number of imidazole rings is 1. The lowest BCUT2D eigenvalue weighted by Crippen LogP contribution is -2.13. The van der Waals surface area contributed by atoms with Crippen molar-refractivity contribution in [3.05, 3.63) is 60.2 Å². The lowest BCUT2D eigenvalue weighted by atomic mass is 10.1. The van der Waals surface area contributed by atoms with Crippen LogP contribution in [0.5, 0.6) is 0 Å². The van der Waals surface area contributed by atoms with Crippen molar-refractivity contribution in [3.8, 4) is 0 Å². The maximum atomic E-state index is 6.17. The summed E-state index contributed by atoms with van der Waals surface area (Å²) in [5.41, 5.74) is 9.01. The third kappa shape index (κ3) is 1.79. The Labute approximate surface area is 98.5 Å². The summed E-state index contributed by atoms with van der Waals surface area (Å²) in [6.45, 7) is 0. The molecule has 4 nitrogen and oxygen atoms in total. The van der Waals surface area contributed by atoms with Crippen LogP contribution in [0.25, 0.3) is 11.0 Å². The van der Waals surface area contributed by atoms with Crippen molar-refractivity contribution in [3.63, 3.8) is 0 Å². The zero-order valence-corrected chi connectivity index (χ0v) is 9.17. The van der Waals surface area contributed by atoms with Gasteiger partial charge in [0.05, 0.1) is 23.3 Å². The number of aromatic nitrogens is 3. The molecule has 1 atom stereocenters. The minimum absolute atomic E-state index is 0.233. The van der Waals surface area contributed by atoms with Crippen LogP contribution in [0.4, 0.5) is 0 Å². The smallest absolute Gasteiger partial charge is 0.128 e. The molecular formula is C13H12N4. The predicted octanol–water partition coefficient (Wildman–Crippen LogP) is 2.01. The minimum atomic E-state index is -0.233. The second-order valence-corrected chi connectivity index (χ2v) is 3.90. The van der Waals surface area contributed by atoms with E-state index in [1.165, 1.54) is 0 Å². The highest BCUT2D eigenvalue weighted by Gasteiger charge is 2.12. The molecule has 0 bridgehead atoms. The zero-order chi connectivity index (χ0) is 11.7. The van der Waals surface area contributed by atoms with Crippen molar-refractivity contribution in [2.45, 2.75) is 6.04 Å². The fraction of sp³-hybridized carbons (Fsp3) is 0.0769. The lowest BCUT2D eigenvalue weighted by Gasteiger charge is -2.08. The summed E-state index contributed by atoms with van der Waals surface area (Å²) in [5, 5.41) is 0. The minimum Gasteiger partial charge on any atom is -0.339 e. The second kappa shape index (κ2) is 3.99. The molecule has 0 fully saturated rings. The Morgan fingerprint density at radius 2 is 1.94 bits per heavy atom. The number of rotatable bonds is 2. The molecular weight excluding hydrogens is 212 g/mol. The predicted molar refractivity (Wildman–Crippen MR) is 66.4 cm³/mol. The molecule has 0 amide bonds. The molecule has 2 aromatic heterocycles. The van der Waals surface area contributed by atoms with Crippen LogP contribution in [0.1, 0.15) is 17.4 Å². The summed E-state index contributed by atoms with van der Waals surface area (Å²) in [7, 11) is 0. The number of fused-ring (bicyclic) bond motifs is 1. The molecule has 84 valence electrons. The van der Waals surface area contributed by atoms with Gasteiger partial charge in [-0.2, -0.15) is 0 Å². The fourth-order valence-electron chi connectivity index (χ4n) is 1.84. The third-order valence-electron chi connectivity index (χ3n) is 2.75. The first kappa shape index (κ1) is 9.99. The average molecular weight is 224 g/mol. The van der Waals surface area contributed by atoms with Crippen LogP contribution in [0.3, 0.4) is 0 Å². The molecule has 0 saturated carbocycles. The Kier molecular flexibility index (Phi) is 2.34. The molecule has 0 aliphatic heterocycles. The third-order valence-corrected chi connectivity index (χ3v) is 2.75. The quantitative estimate of drug-likeness (QED) is 0.699. The van der Waals surface area contributed by atoms with E-state index in [0.717, 1.165) is 22.4 Å². The Morgan fingerprint density at radius 3 is 2.71 bits per heavy atom. The number of nitrogens with one attached hydrogen (secondary N) is 1. The summed E-state index contributed by atoms with van der Waals surface area (Å²) in [6.07, 6.45) is 3.48. The van der Waals surface area contributed by atoms with Gasteiger partial charge in [-0.05, 0) is 11.6 Å². The molecule has 0 aliphatic carbocycles. The average Bonchev–Trinajstić information content (AvgIpc) is 2.82. The van der Waals surface area contributed by atoms with Crippen LogP contribution in [-0.4, -0.2) is 15.0 Å². The highest BCUT2D eigenvalue weighted by Crippen LogP contribution is 2.19. The van der Waals surface area contributed by atoms with Gasteiger partial charge in [0.25, 0.3) is 0 Å². The van der Waals surface area contributed by atoms with E-state index in [1.807, 2.05) is 36.4 Å². The molecule has 0 radical (unpaired) electrons. The van der Waals surface area contributed by atoms with E-state index in [0.29, 0.717) is 0 Å². The van der Waals surface area contributed by atoms with Crippen molar-refractivity contribution >= 4 is 11.0 Å². The normalized spacial score (nSPS) is 12.8. The zero-order valence-electron chi connectivity index (χ0n) is 9.17. The van der Waals surface area contributed by atoms with Gasteiger partial charge < -0.3 is 10.7 Å². The summed E-state index contributed by atoms with van der Waals surface area (Å²) in [4.78, 5) is 11.7. The van der Waals surface area contributed by atoms with Gasteiger partial charge in [-0.3, -0.25) is 4.98 Å². The number of nitrogens with zero attached hydrogens (tertiary/aromatic N) is 2. The van der Waals surface area contributed by atoms with Crippen LogP contribution >= 0.6 is 0 Å². The van der Waals surface area contributed by atoms with E-state index in [-0.39, 0.29) is 6.04 Å². The van der Waals surface area contributed by atoms with Crippen molar-refractivity contribution in [1.82, 2.24) is 15.0 Å². The van der Waals surface area contributed by atoms with Crippen molar-refractivity contribution in [2.75, 3.05) is 0 Å². The van der Waals surface area contributed by atoms with E-state index in [2.05, 4.69) is 15.0 Å². The number of H-pyrrole nitrogens is 1. The van der Waals surface area contributed by atoms with Gasteiger partial charge in [0, 0.05) is 6.20 Å². The maximum absolute atomic E-state index is 6.17. The highest BCUT2D eigenvalue weighted by atomic mass is 15.0. The molecule has 1 aromatic carbocycles. The molecule has 0 spiro atoms. The Morgan fingerprint density at radius 1 is 1.12 bits per heavy atom. The number of nitrogens with two attached hydrogens (primary N) is 1. The molecule has 3 rings (SSSR count). The molecule has 3 aromatic rings. The van der Waals surface area contributed by atoms with E-state index < -0.39 is 0 Å². The van der Waals surface area contributed by atoms with Crippen molar-refractivity contribution in [2.24, 2.45) is 5.73 Å².